The van der Waals surface area contributed by atoms with Gasteiger partial charge in [-0.2, -0.15) is 0 Å². The second-order valence-corrected chi connectivity index (χ2v) is 5.17. The van der Waals surface area contributed by atoms with Gasteiger partial charge in [0.2, 0.25) is 0 Å². The van der Waals surface area contributed by atoms with Crippen molar-refractivity contribution in [1.29, 1.82) is 0 Å². The second-order valence-electron chi connectivity index (χ2n) is 5.17. The molecule has 2 aromatic carbocycles. The fourth-order valence-electron chi connectivity index (χ4n) is 3.00. The second kappa shape index (κ2) is 5.52. The van der Waals surface area contributed by atoms with E-state index >= 15 is 0 Å². The Kier molecular flexibility index (Phi) is 3.57. The number of ether oxygens (including phenoxy) is 1. The quantitative estimate of drug-likeness (QED) is 0.810. The minimum atomic E-state index is -0.220. The molecule has 0 bridgehead atoms. The van der Waals surface area contributed by atoms with Gasteiger partial charge >= 0.3 is 5.97 Å². The van der Waals surface area contributed by atoms with Crippen LogP contribution in [0.25, 0.3) is 0 Å². The molecule has 0 unspecified atom stereocenters. The van der Waals surface area contributed by atoms with Crippen molar-refractivity contribution in [1.82, 2.24) is 0 Å². The first-order valence-electron chi connectivity index (χ1n) is 7.01. The standard InChI is InChI=1S/C18H16O3/c1-21-17(19)11-10-14-12-6-2-4-8-15(12)18(20)16-9-5-3-7-13(14)16/h2-9,14H,10-11H2,1H3. The lowest BCUT2D eigenvalue weighted by molar-refractivity contribution is -0.140. The number of hydrogen-bond donors (Lipinski definition) is 0. The summed E-state index contributed by atoms with van der Waals surface area (Å²) in [5.41, 5.74) is 3.49. The highest BCUT2D eigenvalue weighted by Gasteiger charge is 2.30. The molecule has 0 spiro atoms. The van der Waals surface area contributed by atoms with Crippen LogP contribution in [0.4, 0.5) is 0 Å². The zero-order valence-corrected chi connectivity index (χ0v) is 11.8. The van der Waals surface area contributed by atoms with Crippen LogP contribution in [0, 0.1) is 0 Å². The Hall–Kier alpha value is -2.42. The topological polar surface area (TPSA) is 43.4 Å². The van der Waals surface area contributed by atoms with Crippen molar-refractivity contribution >= 4 is 11.8 Å². The number of carbonyl (C=O) groups is 2. The summed E-state index contributed by atoms with van der Waals surface area (Å²) in [6, 6.07) is 15.3. The third-order valence-electron chi connectivity index (χ3n) is 4.03. The Balaban J connectivity index is 2.05. The smallest absolute Gasteiger partial charge is 0.305 e. The highest BCUT2D eigenvalue weighted by Crippen LogP contribution is 2.39. The Morgan fingerprint density at radius 2 is 1.52 bits per heavy atom. The summed E-state index contributed by atoms with van der Waals surface area (Å²) in [7, 11) is 1.40. The van der Waals surface area contributed by atoms with Crippen LogP contribution in [0.2, 0.25) is 0 Å². The predicted molar refractivity (Wildman–Crippen MR) is 79.4 cm³/mol. The minimum absolute atomic E-state index is 0.0641. The number of esters is 1. The molecule has 3 heteroatoms. The van der Waals surface area contributed by atoms with Crippen LogP contribution >= 0.6 is 0 Å². The maximum absolute atomic E-state index is 12.6. The van der Waals surface area contributed by atoms with Gasteiger partial charge in [0.1, 0.15) is 0 Å². The van der Waals surface area contributed by atoms with E-state index in [-0.39, 0.29) is 17.7 Å². The summed E-state index contributed by atoms with van der Waals surface area (Å²) in [5, 5.41) is 0. The molecule has 0 radical (unpaired) electrons. The van der Waals surface area contributed by atoms with Gasteiger partial charge in [0, 0.05) is 23.5 Å². The van der Waals surface area contributed by atoms with Crippen molar-refractivity contribution in [2.24, 2.45) is 0 Å². The molecule has 0 N–H and O–H groups in total. The summed E-state index contributed by atoms with van der Waals surface area (Å²) in [6.07, 6.45) is 0.992. The lowest BCUT2D eigenvalue weighted by Crippen LogP contribution is -2.20. The maximum Gasteiger partial charge on any atom is 0.305 e. The van der Waals surface area contributed by atoms with Gasteiger partial charge in [-0.1, -0.05) is 48.5 Å². The monoisotopic (exact) mass is 280 g/mol. The number of hydrogen-bond acceptors (Lipinski definition) is 3. The first-order chi connectivity index (χ1) is 10.2. The van der Waals surface area contributed by atoms with Crippen molar-refractivity contribution in [3.05, 3.63) is 70.8 Å². The summed E-state index contributed by atoms with van der Waals surface area (Å²) < 4.78 is 4.73. The first-order valence-corrected chi connectivity index (χ1v) is 7.01. The van der Waals surface area contributed by atoms with Gasteiger partial charge in [0.25, 0.3) is 0 Å². The van der Waals surface area contributed by atoms with Crippen molar-refractivity contribution in [2.45, 2.75) is 18.8 Å². The molecule has 21 heavy (non-hydrogen) atoms. The van der Waals surface area contributed by atoms with Crippen molar-refractivity contribution in [3.8, 4) is 0 Å². The molecule has 3 rings (SSSR count). The number of carbonyl (C=O) groups excluding carboxylic acids is 2. The van der Waals surface area contributed by atoms with E-state index in [0.29, 0.717) is 12.8 Å². The van der Waals surface area contributed by atoms with Gasteiger partial charge in [-0.3, -0.25) is 9.59 Å². The number of rotatable bonds is 3. The van der Waals surface area contributed by atoms with Crippen LogP contribution in [0.3, 0.4) is 0 Å². The minimum Gasteiger partial charge on any atom is -0.469 e. The molecule has 3 nitrogen and oxygen atoms in total. The summed E-state index contributed by atoms with van der Waals surface area (Å²) in [5.74, 6) is -0.0911. The average Bonchev–Trinajstić information content (AvgIpc) is 2.54. The summed E-state index contributed by atoms with van der Waals surface area (Å²) in [4.78, 5) is 24.0. The zero-order chi connectivity index (χ0) is 14.8. The molecule has 0 heterocycles. The molecule has 2 aromatic rings. The van der Waals surface area contributed by atoms with E-state index < -0.39 is 0 Å². The van der Waals surface area contributed by atoms with Gasteiger partial charge in [-0.15, -0.1) is 0 Å². The van der Waals surface area contributed by atoms with Gasteiger partial charge < -0.3 is 4.74 Å². The maximum atomic E-state index is 12.6. The summed E-state index contributed by atoms with van der Waals surface area (Å²) in [6.45, 7) is 0. The fraction of sp³-hybridized carbons (Fsp3) is 0.222. The largest absolute Gasteiger partial charge is 0.469 e. The molecule has 0 amide bonds. The number of methoxy groups -OCH3 is 1. The Morgan fingerprint density at radius 3 is 2.05 bits per heavy atom. The van der Waals surface area contributed by atoms with Crippen LogP contribution in [0.1, 0.15) is 45.8 Å². The molecule has 1 aliphatic rings. The Morgan fingerprint density at radius 1 is 1.00 bits per heavy atom. The molecule has 0 atom stereocenters. The third kappa shape index (κ3) is 2.35. The molecular formula is C18H16O3. The molecule has 0 aliphatic heterocycles. The van der Waals surface area contributed by atoms with E-state index in [1.807, 2.05) is 48.5 Å². The first kappa shape index (κ1) is 13.6. The summed E-state index contributed by atoms with van der Waals surface area (Å²) >= 11 is 0. The van der Waals surface area contributed by atoms with Gasteiger partial charge in [0.15, 0.2) is 5.78 Å². The normalized spacial score (nSPS) is 13.5. The lowest BCUT2D eigenvalue weighted by atomic mass is 9.75. The van der Waals surface area contributed by atoms with E-state index in [0.717, 1.165) is 22.3 Å². The van der Waals surface area contributed by atoms with Crippen molar-refractivity contribution in [2.75, 3.05) is 7.11 Å². The molecule has 0 aromatic heterocycles. The van der Waals surface area contributed by atoms with Crippen molar-refractivity contribution in [3.63, 3.8) is 0 Å². The van der Waals surface area contributed by atoms with E-state index in [1.54, 1.807) is 0 Å². The van der Waals surface area contributed by atoms with E-state index in [1.165, 1.54) is 7.11 Å². The molecule has 0 saturated carbocycles. The third-order valence-corrected chi connectivity index (χ3v) is 4.03. The predicted octanol–water partition coefficient (Wildman–Crippen LogP) is 3.32. The van der Waals surface area contributed by atoms with E-state index in [9.17, 15) is 9.59 Å². The van der Waals surface area contributed by atoms with Crippen LogP contribution < -0.4 is 0 Å². The molecule has 0 fully saturated rings. The van der Waals surface area contributed by atoms with E-state index in [2.05, 4.69) is 0 Å². The van der Waals surface area contributed by atoms with Gasteiger partial charge in [0.05, 0.1) is 7.11 Å². The van der Waals surface area contributed by atoms with Gasteiger partial charge in [-0.25, -0.2) is 0 Å². The Bertz CT molecular complexity index is 654. The Labute approximate surface area is 123 Å². The highest BCUT2D eigenvalue weighted by atomic mass is 16.5. The zero-order valence-electron chi connectivity index (χ0n) is 11.8. The highest BCUT2D eigenvalue weighted by molar-refractivity contribution is 6.12. The average molecular weight is 280 g/mol. The number of benzene rings is 2. The molecule has 1 aliphatic carbocycles. The van der Waals surface area contributed by atoms with Gasteiger partial charge in [-0.05, 0) is 17.5 Å². The molecule has 0 saturated heterocycles. The van der Waals surface area contributed by atoms with E-state index in [4.69, 9.17) is 4.74 Å². The SMILES string of the molecule is COC(=O)CCC1c2ccccc2C(=O)c2ccccc21. The molecular weight excluding hydrogens is 264 g/mol. The van der Waals surface area contributed by atoms with Crippen LogP contribution in [0.15, 0.2) is 48.5 Å². The molecule has 106 valence electrons. The van der Waals surface area contributed by atoms with Crippen LogP contribution in [-0.2, 0) is 9.53 Å². The number of ketones is 1. The van der Waals surface area contributed by atoms with Crippen LogP contribution in [0.5, 0.6) is 0 Å². The van der Waals surface area contributed by atoms with Crippen LogP contribution in [-0.4, -0.2) is 18.9 Å². The lowest BCUT2D eigenvalue weighted by Gasteiger charge is -2.27. The number of fused-ring (bicyclic) bond motifs is 2. The van der Waals surface area contributed by atoms with Crippen molar-refractivity contribution < 1.29 is 14.3 Å². The fourth-order valence-corrected chi connectivity index (χ4v) is 3.00.